The number of ether oxygens (including phenoxy) is 1. The maximum Gasteiger partial charge on any atom is 0.410 e. The molecule has 7 heteroatoms. The molecule has 0 radical (unpaired) electrons. The zero-order valence-electron chi connectivity index (χ0n) is 20.0. The zero-order valence-corrected chi connectivity index (χ0v) is 20.0. The van der Waals surface area contributed by atoms with E-state index >= 15 is 0 Å². The van der Waals surface area contributed by atoms with Gasteiger partial charge in [-0.3, -0.25) is 14.5 Å². The maximum absolute atomic E-state index is 13.5. The lowest BCUT2D eigenvalue weighted by Gasteiger charge is -2.38. The predicted octanol–water partition coefficient (Wildman–Crippen LogP) is 4.46. The lowest BCUT2D eigenvalue weighted by Crippen LogP contribution is -2.61. The van der Waals surface area contributed by atoms with Crippen LogP contribution in [-0.2, 0) is 14.3 Å². The number of carbonyl (C=O) groups is 3. The molecule has 1 heterocycles. The second-order valence-electron chi connectivity index (χ2n) is 10.2. The molecule has 1 aliphatic heterocycles. The van der Waals surface area contributed by atoms with Gasteiger partial charge in [0.2, 0.25) is 11.8 Å². The van der Waals surface area contributed by atoms with Crippen molar-refractivity contribution in [3.63, 3.8) is 0 Å². The highest BCUT2D eigenvalue weighted by Crippen LogP contribution is 2.32. The highest BCUT2D eigenvalue weighted by Gasteiger charge is 2.45. The third-order valence-electron chi connectivity index (χ3n) is 6.41. The Hall–Kier alpha value is -2.57. The molecule has 0 unspecified atom stereocenters. The third kappa shape index (κ3) is 5.43. The van der Waals surface area contributed by atoms with Crippen LogP contribution in [0.25, 0.3) is 0 Å². The van der Waals surface area contributed by atoms with E-state index in [4.69, 9.17) is 4.74 Å². The number of nitrogens with zero attached hydrogens (tertiary/aromatic N) is 1. The van der Waals surface area contributed by atoms with Crippen LogP contribution in [0.3, 0.4) is 0 Å². The van der Waals surface area contributed by atoms with Crippen LogP contribution in [0.15, 0.2) is 18.2 Å². The van der Waals surface area contributed by atoms with Crippen LogP contribution in [0.4, 0.5) is 10.5 Å². The first kappa shape index (κ1) is 24.1. The van der Waals surface area contributed by atoms with Crippen molar-refractivity contribution in [1.29, 1.82) is 0 Å². The topological polar surface area (TPSA) is 87.7 Å². The molecule has 176 valence electrons. The van der Waals surface area contributed by atoms with E-state index in [1.807, 2.05) is 52.8 Å². The summed E-state index contributed by atoms with van der Waals surface area (Å²) in [7, 11) is 0. The van der Waals surface area contributed by atoms with E-state index in [1.54, 1.807) is 0 Å². The average molecular weight is 444 g/mol. The summed E-state index contributed by atoms with van der Waals surface area (Å²) in [6.07, 6.45) is 4.80. The van der Waals surface area contributed by atoms with Gasteiger partial charge in [-0.05, 0) is 71.4 Å². The molecular formula is C25H37N3O4. The van der Waals surface area contributed by atoms with Crippen LogP contribution in [0, 0.1) is 13.8 Å². The third-order valence-corrected chi connectivity index (χ3v) is 6.41. The number of aryl methyl sites for hydroxylation is 2. The van der Waals surface area contributed by atoms with Crippen LogP contribution in [0.2, 0.25) is 0 Å². The van der Waals surface area contributed by atoms with Crippen molar-refractivity contribution in [2.45, 2.75) is 96.7 Å². The summed E-state index contributed by atoms with van der Waals surface area (Å²) in [6.45, 7) is 9.84. The Balaban J connectivity index is 1.78. The number of rotatable bonds is 4. The summed E-state index contributed by atoms with van der Waals surface area (Å²) in [6, 6.07) is 5.28. The SMILES string of the molecule is Cc1cccc(C)c1NC(=O)C1(NC(=O)[C@@H]2CCCN2C(=O)OC(C)(C)C)CCCCC1. The van der Waals surface area contributed by atoms with Gasteiger partial charge in [-0.15, -0.1) is 0 Å². The minimum absolute atomic E-state index is 0.176. The van der Waals surface area contributed by atoms with E-state index in [-0.39, 0.29) is 11.8 Å². The van der Waals surface area contributed by atoms with Crippen molar-refractivity contribution in [3.8, 4) is 0 Å². The zero-order chi connectivity index (χ0) is 23.5. The molecule has 0 bridgehead atoms. The molecule has 2 fully saturated rings. The molecule has 1 aromatic carbocycles. The maximum atomic E-state index is 13.5. The number of para-hydroxylation sites is 1. The minimum Gasteiger partial charge on any atom is -0.444 e. The number of likely N-dealkylation sites (tertiary alicyclic amines) is 1. The van der Waals surface area contributed by atoms with Crippen molar-refractivity contribution >= 4 is 23.6 Å². The highest BCUT2D eigenvalue weighted by molar-refractivity contribution is 6.02. The molecule has 1 saturated heterocycles. The van der Waals surface area contributed by atoms with E-state index in [9.17, 15) is 14.4 Å². The Morgan fingerprint density at radius 3 is 2.25 bits per heavy atom. The van der Waals surface area contributed by atoms with Crippen molar-refractivity contribution in [2.75, 3.05) is 11.9 Å². The number of amides is 3. The van der Waals surface area contributed by atoms with Gasteiger partial charge in [0, 0.05) is 12.2 Å². The molecule has 1 atom stereocenters. The molecule has 3 amide bonds. The van der Waals surface area contributed by atoms with Crippen LogP contribution in [0.5, 0.6) is 0 Å². The molecule has 0 spiro atoms. The van der Waals surface area contributed by atoms with Gasteiger partial charge in [-0.25, -0.2) is 4.79 Å². The monoisotopic (exact) mass is 443 g/mol. The summed E-state index contributed by atoms with van der Waals surface area (Å²) >= 11 is 0. The Morgan fingerprint density at radius 2 is 1.66 bits per heavy atom. The first-order valence-corrected chi connectivity index (χ1v) is 11.7. The van der Waals surface area contributed by atoms with Gasteiger partial charge >= 0.3 is 6.09 Å². The number of nitrogens with one attached hydrogen (secondary N) is 2. The van der Waals surface area contributed by atoms with Crippen LogP contribution in [-0.4, -0.2) is 46.5 Å². The number of hydrogen-bond donors (Lipinski definition) is 2. The number of hydrogen-bond acceptors (Lipinski definition) is 4. The first-order valence-electron chi connectivity index (χ1n) is 11.7. The molecule has 32 heavy (non-hydrogen) atoms. The van der Waals surface area contributed by atoms with Gasteiger partial charge < -0.3 is 15.4 Å². The largest absolute Gasteiger partial charge is 0.444 e. The van der Waals surface area contributed by atoms with Crippen molar-refractivity contribution in [3.05, 3.63) is 29.3 Å². The summed E-state index contributed by atoms with van der Waals surface area (Å²) in [5.74, 6) is -0.448. The Labute approximate surface area is 191 Å². The quantitative estimate of drug-likeness (QED) is 0.719. The highest BCUT2D eigenvalue weighted by atomic mass is 16.6. The average Bonchev–Trinajstić information content (AvgIpc) is 3.20. The summed E-state index contributed by atoms with van der Waals surface area (Å²) in [5.41, 5.74) is 1.18. The van der Waals surface area contributed by atoms with Crippen molar-refractivity contribution < 1.29 is 19.1 Å². The number of carbonyl (C=O) groups excluding carboxylic acids is 3. The molecule has 0 aromatic heterocycles. The molecule has 2 aliphatic rings. The molecule has 7 nitrogen and oxygen atoms in total. The molecule has 1 aromatic rings. The predicted molar refractivity (Wildman–Crippen MR) is 124 cm³/mol. The van der Waals surface area contributed by atoms with Crippen LogP contribution >= 0.6 is 0 Å². The van der Waals surface area contributed by atoms with Gasteiger partial charge in [0.25, 0.3) is 0 Å². The summed E-state index contributed by atoms with van der Waals surface area (Å²) < 4.78 is 5.50. The Kier molecular flexibility index (Phi) is 7.16. The lowest BCUT2D eigenvalue weighted by molar-refractivity contribution is -0.134. The Bertz CT molecular complexity index is 848. The number of benzene rings is 1. The molecular weight excluding hydrogens is 406 g/mol. The first-order chi connectivity index (χ1) is 15.0. The standard InChI is InChI=1S/C25H37N3O4/c1-17-11-9-12-18(2)20(17)26-22(30)25(14-7-6-8-15-25)27-21(29)19-13-10-16-28(19)23(31)32-24(3,4)5/h9,11-12,19H,6-8,10,13-16H2,1-5H3,(H,26,30)(H,27,29)/t19-/m0/s1. The van der Waals surface area contributed by atoms with Crippen molar-refractivity contribution in [1.82, 2.24) is 10.2 Å². The Morgan fingerprint density at radius 1 is 1.03 bits per heavy atom. The summed E-state index contributed by atoms with van der Waals surface area (Å²) in [4.78, 5) is 41.0. The van der Waals surface area contributed by atoms with E-state index < -0.39 is 23.3 Å². The smallest absolute Gasteiger partial charge is 0.410 e. The van der Waals surface area contributed by atoms with Gasteiger partial charge in [0.1, 0.15) is 17.2 Å². The fourth-order valence-electron chi connectivity index (χ4n) is 4.71. The second kappa shape index (κ2) is 9.51. The minimum atomic E-state index is -0.966. The van der Waals surface area contributed by atoms with Gasteiger partial charge in [0.05, 0.1) is 0 Å². The van der Waals surface area contributed by atoms with E-state index in [2.05, 4.69) is 10.6 Å². The van der Waals surface area contributed by atoms with Gasteiger partial charge in [-0.1, -0.05) is 37.5 Å². The molecule has 3 rings (SSSR count). The fraction of sp³-hybridized carbons (Fsp3) is 0.640. The van der Waals surface area contributed by atoms with E-state index in [1.165, 1.54) is 4.90 Å². The lowest BCUT2D eigenvalue weighted by atomic mass is 9.80. The van der Waals surface area contributed by atoms with E-state index in [0.29, 0.717) is 25.8 Å². The molecule has 1 saturated carbocycles. The normalized spacial score (nSPS) is 20.5. The second-order valence-corrected chi connectivity index (χ2v) is 10.2. The van der Waals surface area contributed by atoms with Gasteiger partial charge in [0.15, 0.2) is 0 Å². The molecule has 2 N–H and O–H groups in total. The fourth-order valence-corrected chi connectivity index (χ4v) is 4.71. The number of anilines is 1. The summed E-state index contributed by atoms with van der Waals surface area (Å²) in [5, 5.41) is 6.17. The van der Waals surface area contributed by atoms with Crippen LogP contribution < -0.4 is 10.6 Å². The molecule has 1 aliphatic carbocycles. The van der Waals surface area contributed by atoms with Gasteiger partial charge in [-0.2, -0.15) is 0 Å². The van der Waals surface area contributed by atoms with Crippen LogP contribution in [0.1, 0.15) is 76.8 Å². The van der Waals surface area contributed by atoms with Crippen molar-refractivity contribution in [2.24, 2.45) is 0 Å². The van der Waals surface area contributed by atoms with E-state index in [0.717, 1.165) is 42.5 Å².